The van der Waals surface area contributed by atoms with E-state index >= 15 is 0 Å². The molecule has 0 saturated carbocycles. The highest BCUT2D eigenvalue weighted by Gasteiger charge is 2.13. The number of aromatic amines is 3. The monoisotopic (exact) mass is 254 g/mol. The van der Waals surface area contributed by atoms with E-state index < -0.39 is 0 Å². The molecule has 0 radical (unpaired) electrons. The summed E-state index contributed by atoms with van der Waals surface area (Å²) in [5.74, 6) is 1.58. The molecule has 0 bridgehead atoms. The van der Waals surface area contributed by atoms with Crippen LogP contribution < -0.4 is 0 Å². The lowest BCUT2D eigenvalue weighted by atomic mass is 10.2. The van der Waals surface area contributed by atoms with Gasteiger partial charge in [-0.25, -0.2) is 15.2 Å². The number of nitrogens with zero attached hydrogens (tertiary/aromatic N) is 7. The Morgan fingerprint density at radius 2 is 1.63 bits per heavy atom. The Morgan fingerprint density at radius 1 is 0.842 bits per heavy atom. The maximum Gasteiger partial charge on any atom is 0.215 e. The molecule has 0 aliphatic heterocycles. The largest absolute Gasteiger partial charge is 0.335 e. The summed E-state index contributed by atoms with van der Waals surface area (Å²) in [6.45, 7) is 0. The summed E-state index contributed by atoms with van der Waals surface area (Å²) < 4.78 is 0. The highest BCUT2D eigenvalue weighted by atomic mass is 15.5. The average Bonchev–Trinajstić information content (AvgIpc) is 3.18. The van der Waals surface area contributed by atoms with Crippen molar-refractivity contribution in [2.75, 3.05) is 0 Å². The van der Waals surface area contributed by atoms with Gasteiger partial charge in [-0.1, -0.05) is 6.07 Å². The lowest BCUT2D eigenvalue weighted by Crippen LogP contribution is -1.84. The fraction of sp³-hybridized carbons (Fsp3) is 0. The Morgan fingerprint density at radius 3 is 2.37 bits per heavy atom. The van der Waals surface area contributed by atoms with Gasteiger partial charge in [-0.3, -0.25) is 0 Å². The summed E-state index contributed by atoms with van der Waals surface area (Å²) >= 11 is 0. The molecule has 0 spiro atoms. The molecule has 1 aromatic carbocycles. The van der Waals surface area contributed by atoms with E-state index in [2.05, 4.69) is 51.2 Å². The summed E-state index contributed by atoms with van der Waals surface area (Å²) in [5, 5.41) is 27.2. The zero-order valence-electron chi connectivity index (χ0n) is 9.36. The second kappa shape index (κ2) is 3.66. The zero-order chi connectivity index (χ0) is 12.7. The van der Waals surface area contributed by atoms with Crippen LogP contribution in [0.4, 0.5) is 0 Å². The SMILES string of the molecule is c1cc(-c2nnn[nH]2)c2nc(-c3nnn[nH]3)[nH]c2c1. The van der Waals surface area contributed by atoms with Crippen molar-refractivity contribution in [1.29, 1.82) is 0 Å². The van der Waals surface area contributed by atoms with Crippen molar-refractivity contribution in [1.82, 2.24) is 51.2 Å². The first kappa shape index (κ1) is 9.82. The van der Waals surface area contributed by atoms with E-state index in [9.17, 15) is 0 Å². The van der Waals surface area contributed by atoms with E-state index in [1.165, 1.54) is 0 Å². The number of fused-ring (bicyclic) bond motifs is 1. The smallest absolute Gasteiger partial charge is 0.215 e. The van der Waals surface area contributed by atoms with Crippen LogP contribution in [0.15, 0.2) is 18.2 Å². The van der Waals surface area contributed by atoms with Crippen molar-refractivity contribution in [3.8, 4) is 23.0 Å². The Labute approximate surface area is 104 Å². The van der Waals surface area contributed by atoms with E-state index in [1.54, 1.807) is 0 Å². The topological polar surface area (TPSA) is 138 Å². The minimum absolute atomic E-state index is 0.470. The molecule has 3 N–H and O–H groups in total. The first-order chi connectivity index (χ1) is 9.42. The maximum absolute atomic E-state index is 4.47. The zero-order valence-corrected chi connectivity index (χ0v) is 9.36. The minimum atomic E-state index is 0.470. The molecule has 0 atom stereocenters. The first-order valence-corrected chi connectivity index (χ1v) is 5.39. The number of hydrogen-bond acceptors (Lipinski definition) is 7. The summed E-state index contributed by atoms with van der Waals surface area (Å²) in [6.07, 6.45) is 0. The Kier molecular flexibility index (Phi) is 1.89. The van der Waals surface area contributed by atoms with Gasteiger partial charge in [-0.15, -0.1) is 10.2 Å². The van der Waals surface area contributed by atoms with E-state index in [-0.39, 0.29) is 0 Å². The Bertz CT molecular complexity index is 812. The number of imidazole rings is 1. The standard InChI is InChI=1S/C9H6N10/c1-2-4(7-12-16-17-13-7)6-5(3-1)10-8(11-6)9-14-18-19-15-9/h1-3H,(H,10,11)(H,12,13,16,17)(H,14,15,18,19). The summed E-state index contributed by atoms with van der Waals surface area (Å²) in [6, 6.07) is 5.68. The van der Waals surface area contributed by atoms with Crippen LogP contribution in [0.5, 0.6) is 0 Å². The molecule has 0 amide bonds. The van der Waals surface area contributed by atoms with E-state index in [0.717, 1.165) is 16.6 Å². The molecule has 4 rings (SSSR count). The van der Waals surface area contributed by atoms with Gasteiger partial charge in [0.05, 0.1) is 5.52 Å². The third-order valence-corrected chi connectivity index (χ3v) is 2.68. The number of para-hydroxylation sites is 1. The highest BCUT2D eigenvalue weighted by molar-refractivity contribution is 5.91. The van der Waals surface area contributed by atoms with Crippen molar-refractivity contribution >= 4 is 11.0 Å². The van der Waals surface area contributed by atoms with Gasteiger partial charge in [-0.2, -0.15) is 0 Å². The second-order valence-corrected chi connectivity index (χ2v) is 3.79. The molecule has 10 nitrogen and oxygen atoms in total. The van der Waals surface area contributed by atoms with Crippen molar-refractivity contribution in [3.63, 3.8) is 0 Å². The molecule has 0 aliphatic carbocycles. The molecular weight excluding hydrogens is 248 g/mol. The highest BCUT2D eigenvalue weighted by Crippen LogP contribution is 2.25. The molecule has 0 aliphatic rings. The number of H-pyrrole nitrogens is 3. The molecule has 10 heteroatoms. The van der Waals surface area contributed by atoms with Gasteiger partial charge >= 0.3 is 0 Å². The molecule has 3 heterocycles. The van der Waals surface area contributed by atoms with Gasteiger partial charge in [0, 0.05) is 5.56 Å². The third-order valence-electron chi connectivity index (χ3n) is 2.68. The van der Waals surface area contributed by atoms with Gasteiger partial charge in [0.2, 0.25) is 5.82 Å². The quantitative estimate of drug-likeness (QED) is 0.455. The van der Waals surface area contributed by atoms with E-state index in [1.807, 2.05) is 18.2 Å². The number of tetrazole rings is 2. The number of rotatable bonds is 2. The van der Waals surface area contributed by atoms with E-state index in [4.69, 9.17) is 0 Å². The predicted molar refractivity (Wildman–Crippen MR) is 62.4 cm³/mol. The normalized spacial score (nSPS) is 11.2. The van der Waals surface area contributed by atoms with Gasteiger partial charge in [-0.05, 0) is 33.0 Å². The van der Waals surface area contributed by atoms with Gasteiger partial charge in [0.25, 0.3) is 0 Å². The maximum atomic E-state index is 4.47. The molecule has 92 valence electrons. The fourth-order valence-electron chi connectivity index (χ4n) is 1.87. The number of aromatic nitrogens is 10. The molecule has 19 heavy (non-hydrogen) atoms. The van der Waals surface area contributed by atoms with Crippen LogP contribution >= 0.6 is 0 Å². The van der Waals surface area contributed by atoms with Crippen LogP contribution in [0.1, 0.15) is 0 Å². The number of hydrogen-bond donors (Lipinski definition) is 3. The van der Waals surface area contributed by atoms with Crippen molar-refractivity contribution < 1.29 is 0 Å². The summed E-state index contributed by atoms with van der Waals surface area (Å²) in [5.41, 5.74) is 2.39. The number of nitrogens with one attached hydrogen (secondary N) is 3. The molecule has 3 aromatic heterocycles. The van der Waals surface area contributed by atoms with Crippen LogP contribution in [-0.4, -0.2) is 51.2 Å². The molecular formula is C9H6N10. The molecule has 0 saturated heterocycles. The fourth-order valence-corrected chi connectivity index (χ4v) is 1.87. The number of benzene rings is 1. The first-order valence-electron chi connectivity index (χ1n) is 5.39. The summed E-state index contributed by atoms with van der Waals surface area (Å²) in [4.78, 5) is 7.60. The van der Waals surface area contributed by atoms with Crippen LogP contribution in [0, 0.1) is 0 Å². The lowest BCUT2D eigenvalue weighted by molar-refractivity contribution is 0.881. The van der Waals surface area contributed by atoms with Crippen LogP contribution in [0.25, 0.3) is 34.1 Å². The lowest BCUT2D eigenvalue weighted by Gasteiger charge is -1.95. The Balaban J connectivity index is 1.97. The van der Waals surface area contributed by atoms with Crippen molar-refractivity contribution in [2.24, 2.45) is 0 Å². The van der Waals surface area contributed by atoms with Crippen LogP contribution in [0.2, 0.25) is 0 Å². The molecule has 0 unspecified atom stereocenters. The van der Waals surface area contributed by atoms with Gasteiger partial charge in [0.1, 0.15) is 5.52 Å². The van der Waals surface area contributed by atoms with Crippen molar-refractivity contribution in [2.45, 2.75) is 0 Å². The Hall–Kier alpha value is -3.17. The van der Waals surface area contributed by atoms with E-state index in [0.29, 0.717) is 17.5 Å². The van der Waals surface area contributed by atoms with Crippen LogP contribution in [-0.2, 0) is 0 Å². The average molecular weight is 254 g/mol. The minimum Gasteiger partial charge on any atom is -0.335 e. The van der Waals surface area contributed by atoms with Gasteiger partial charge < -0.3 is 4.98 Å². The van der Waals surface area contributed by atoms with Crippen molar-refractivity contribution in [3.05, 3.63) is 18.2 Å². The molecule has 0 fully saturated rings. The molecule has 4 aromatic rings. The van der Waals surface area contributed by atoms with Crippen LogP contribution in [0.3, 0.4) is 0 Å². The second-order valence-electron chi connectivity index (χ2n) is 3.79. The van der Waals surface area contributed by atoms with Gasteiger partial charge in [0.15, 0.2) is 11.6 Å². The summed E-state index contributed by atoms with van der Waals surface area (Å²) in [7, 11) is 0. The predicted octanol–water partition coefficient (Wildman–Crippen LogP) is -0.0769. The third kappa shape index (κ3) is 1.46.